The van der Waals surface area contributed by atoms with Crippen LogP contribution in [-0.2, 0) is 21.4 Å². The van der Waals surface area contributed by atoms with Gasteiger partial charge in [-0.3, -0.25) is 0 Å². The summed E-state index contributed by atoms with van der Waals surface area (Å²) in [5, 5.41) is 0. The Kier molecular flexibility index (Phi) is 7.75. The topological polar surface area (TPSA) is 35.5 Å². The first-order chi connectivity index (χ1) is 12.6. The average molecular weight is 539 g/mol. The number of rotatable bonds is 5. The molecule has 0 bridgehead atoms. The summed E-state index contributed by atoms with van der Waals surface area (Å²) in [5.41, 5.74) is 1.33. The molecule has 0 aromatic heterocycles. The fraction of sp³-hybridized carbons (Fsp3) is 0.235. The van der Waals surface area contributed by atoms with Gasteiger partial charge >= 0.3 is 42.5 Å². The van der Waals surface area contributed by atoms with Gasteiger partial charge in [-0.1, -0.05) is 30.3 Å². The standard InChI is InChI=1S/C17H19O3S.6FH.Sb/c1-3-19-17(18)20-15-9-11-16(12-10-15)21(2)13-14-7-5-4-6-8-14;;;;;;;/h4-12H,3,13H2,1-2H3;6*1H;/q+1;;;;;;;+5/p-6. The third-order valence-corrected chi connectivity index (χ3v) is 4.76. The van der Waals surface area contributed by atoms with Crippen molar-refractivity contribution >= 4 is 36.5 Å². The molecule has 2 aromatic rings. The summed E-state index contributed by atoms with van der Waals surface area (Å²) in [6.07, 6.45) is 1.55. The summed E-state index contributed by atoms with van der Waals surface area (Å²) in [4.78, 5) is 12.5. The van der Waals surface area contributed by atoms with Gasteiger partial charge in [0.1, 0.15) is 17.8 Å². The summed E-state index contributed by atoms with van der Waals surface area (Å²) < 4.78 is 69.3. The van der Waals surface area contributed by atoms with Gasteiger partial charge in [0, 0.05) is 16.5 Å². The van der Waals surface area contributed by atoms with E-state index in [0.717, 1.165) is 5.75 Å². The molecule has 0 aliphatic carbocycles. The van der Waals surface area contributed by atoms with E-state index in [1.807, 2.05) is 18.2 Å². The van der Waals surface area contributed by atoms with Gasteiger partial charge in [0.2, 0.25) is 0 Å². The first kappa shape index (κ1) is 24.5. The third kappa shape index (κ3) is 13.6. The molecule has 2 rings (SSSR count). The summed E-state index contributed by atoms with van der Waals surface area (Å²) in [6.45, 7) is 2.06. The zero-order valence-corrected chi connectivity index (χ0v) is 18.3. The molecule has 3 nitrogen and oxygen atoms in total. The fourth-order valence-electron chi connectivity index (χ4n) is 1.89. The van der Waals surface area contributed by atoms with Gasteiger partial charge in [-0.15, -0.1) is 0 Å². The van der Waals surface area contributed by atoms with Crippen molar-refractivity contribution in [3.8, 4) is 5.75 Å². The zero-order chi connectivity index (χ0) is 21.5. The molecule has 0 N–H and O–H groups in total. The van der Waals surface area contributed by atoms with Gasteiger partial charge in [0.05, 0.1) is 6.61 Å². The normalized spacial score (nSPS) is 14.6. The number of benzene rings is 2. The minimum atomic E-state index is -11.2. The van der Waals surface area contributed by atoms with Gasteiger partial charge < -0.3 is 9.47 Å². The summed E-state index contributed by atoms with van der Waals surface area (Å²) in [7, 11) is 0.120. The van der Waals surface area contributed by atoms with Crippen molar-refractivity contribution in [2.75, 3.05) is 12.9 Å². The Hall–Kier alpha value is -1.54. The fourth-order valence-corrected chi connectivity index (χ4v) is 3.35. The van der Waals surface area contributed by atoms with Crippen LogP contribution < -0.4 is 4.74 Å². The number of carbonyl (C=O) groups is 1. The molecule has 0 spiro atoms. The van der Waals surface area contributed by atoms with Crippen LogP contribution in [-0.4, -0.2) is 38.5 Å². The Balaban J connectivity index is 0.000000480. The minimum absolute atomic E-state index is 0.120. The van der Waals surface area contributed by atoms with Crippen LogP contribution in [0.25, 0.3) is 0 Å². The van der Waals surface area contributed by atoms with Crippen LogP contribution in [0.5, 0.6) is 5.75 Å². The van der Waals surface area contributed by atoms with Crippen molar-refractivity contribution in [3.63, 3.8) is 0 Å². The summed E-state index contributed by atoms with van der Waals surface area (Å²) >= 11 is -11.2. The van der Waals surface area contributed by atoms with E-state index in [9.17, 15) is 21.7 Å². The van der Waals surface area contributed by atoms with Crippen molar-refractivity contribution in [2.24, 2.45) is 0 Å². The Bertz CT molecular complexity index is 756. The van der Waals surface area contributed by atoms with E-state index in [4.69, 9.17) is 9.47 Å². The number of carbonyl (C=O) groups excluding carboxylic acids is 1. The van der Waals surface area contributed by atoms with Gasteiger partial charge in [0.15, 0.2) is 4.90 Å². The Labute approximate surface area is 163 Å². The number of ether oxygens (including phenoxy) is 2. The van der Waals surface area contributed by atoms with E-state index in [1.165, 1.54) is 10.5 Å². The van der Waals surface area contributed by atoms with Gasteiger partial charge in [0.25, 0.3) is 0 Å². The van der Waals surface area contributed by atoms with E-state index in [2.05, 4.69) is 30.5 Å². The monoisotopic (exact) mass is 538 g/mol. The molecule has 28 heavy (non-hydrogen) atoms. The van der Waals surface area contributed by atoms with Crippen molar-refractivity contribution in [2.45, 2.75) is 17.6 Å². The van der Waals surface area contributed by atoms with Crippen LogP contribution in [0.1, 0.15) is 12.5 Å². The first-order valence-electron chi connectivity index (χ1n) is 7.81. The molecule has 0 amide bonds. The number of halogens is 6. The second-order valence-electron chi connectivity index (χ2n) is 5.48. The van der Waals surface area contributed by atoms with E-state index in [-0.39, 0.29) is 10.9 Å². The van der Waals surface area contributed by atoms with Crippen LogP contribution >= 0.6 is 0 Å². The van der Waals surface area contributed by atoms with Crippen molar-refractivity contribution in [1.29, 1.82) is 0 Å². The average Bonchev–Trinajstić information content (AvgIpc) is 2.53. The molecule has 158 valence electrons. The van der Waals surface area contributed by atoms with Crippen LogP contribution in [0.2, 0.25) is 0 Å². The van der Waals surface area contributed by atoms with Crippen LogP contribution in [0.15, 0.2) is 59.5 Å². The Morgan fingerprint density at radius 2 is 1.43 bits per heavy atom. The maximum absolute atomic E-state index is 11.2. The Morgan fingerprint density at radius 3 is 1.89 bits per heavy atom. The van der Waals surface area contributed by atoms with Crippen LogP contribution in [0.4, 0.5) is 21.7 Å². The molecule has 0 saturated carbocycles. The molecule has 0 fully saturated rings. The van der Waals surface area contributed by atoms with Crippen molar-refractivity contribution in [3.05, 3.63) is 60.2 Å². The SMILES string of the molecule is CCOC(=O)Oc1ccc([S+](C)Cc2ccccc2)cc1.[F][Sb-]([F])([F])([F])([F])[F]. The predicted molar refractivity (Wildman–Crippen MR) is 98.2 cm³/mol. The molecule has 1 unspecified atom stereocenters. The van der Waals surface area contributed by atoms with E-state index in [1.54, 1.807) is 19.1 Å². The van der Waals surface area contributed by atoms with E-state index in [0.29, 0.717) is 12.4 Å². The zero-order valence-electron chi connectivity index (χ0n) is 15.0. The van der Waals surface area contributed by atoms with E-state index < -0.39 is 25.6 Å². The molecule has 2 aromatic carbocycles. The molecule has 1 atom stereocenters. The third-order valence-electron chi connectivity index (χ3n) is 2.92. The van der Waals surface area contributed by atoms with Crippen molar-refractivity contribution < 1.29 is 31.1 Å². The molecular weight excluding hydrogens is 520 g/mol. The number of hydrogen-bond acceptors (Lipinski definition) is 3. The van der Waals surface area contributed by atoms with Gasteiger partial charge in [-0.05, 0) is 31.2 Å². The second kappa shape index (κ2) is 8.86. The second-order valence-corrected chi connectivity index (χ2v) is 13.0. The van der Waals surface area contributed by atoms with Crippen molar-refractivity contribution in [1.82, 2.24) is 0 Å². The first-order valence-corrected chi connectivity index (χ1v) is 15.4. The Morgan fingerprint density at radius 1 is 0.929 bits per heavy atom. The quantitative estimate of drug-likeness (QED) is 0.150. The molecular formula is C17H19F6O3SSb. The molecule has 0 aliphatic heterocycles. The molecule has 0 heterocycles. The van der Waals surface area contributed by atoms with Gasteiger partial charge in [-0.2, -0.15) is 0 Å². The maximum atomic E-state index is 11.2. The molecule has 0 radical (unpaired) electrons. The summed E-state index contributed by atoms with van der Waals surface area (Å²) in [5.74, 6) is 1.52. The summed E-state index contributed by atoms with van der Waals surface area (Å²) in [6, 6.07) is 18.0. The van der Waals surface area contributed by atoms with Crippen LogP contribution in [0.3, 0.4) is 0 Å². The predicted octanol–water partition coefficient (Wildman–Crippen LogP) is 6.17. The van der Waals surface area contributed by atoms with Gasteiger partial charge in [-0.25, -0.2) is 4.79 Å². The molecule has 0 aliphatic rings. The number of hydrogen-bond donors (Lipinski definition) is 0. The van der Waals surface area contributed by atoms with Crippen LogP contribution in [0, 0.1) is 0 Å². The molecule has 11 heteroatoms. The molecule has 0 saturated heterocycles. The van der Waals surface area contributed by atoms with E-state index >= 15 is 0 Å².